The molecule has 3 aromatic carbocycles. The van der Waals surface area contributed by atoms with Crippen molar-refractivity contribution >= 4 is 23.2 Å². The molecule has 0 unspecified atom stereocenters. The molecule has 1 aromatic heterocycles. The summed E-state index contributed by atoms with van der Waals surface area (Å²) in [6.07, 6.45) is 2.96. The summed E-state index contributed by atoms with van der Waals surface area (Å²) < 4.78 is 0. The van der Waals surface area contributed by atoms with Crippen LogP contribution in [-0.4, -0.2) is 4.98 Å². The fourth-order valence-electron chi connectivity index (χ4n) is 3.99. The van der Waals surface area contributed by atoms with Crippen molar-refractivity contribution in [3.05, 3.63) is 121 Å². The molecule has 0 bridgehead atoms. The van der Waals surface area contributed by atoms with Crippen molar-refractivity contribution in [2.24, 2.45) is 0 Å². The number of pyridine rings is 1. The Kier molecular flexibility index (Phi) is 5.14. The van der Waals surface area contributed by atoms with Gasteiger partial charge in [-0.3, -0.25) is 0 Å². The van der Waals surface area contributed by atoms with E-state index in [2.05, 4.69) is 115 Å². The summed E-state index contributed by atoms with van der Waals surface area (Å²) in [5, 5.41) is 4.32. The van der Waals surface area contributed by atoms with Crippen LogP contribution in [0.25, 0.3) is 0 Å². The third-order valence-electron chi connectivity index (χ3n) is 5.23. The topological polar surface area (TPSA) is 12.9 Å². The van der Waals surface area contributed by atoms with Crippen LogP contribution >= 0.6 is 7.26 Å². The van der Waals surface area contributed by atoms with Gasteiger partial charge in [-0.1, -0.05) is 0 Å². The third kappa shape index (κ3) is 3.56. The quantitative estimate of drug-likeness (QED) is 0.468. The number of aromatic nitrogens is 1. The van der Waals surface area contributed by atoms with Crippen LogP contribution in [-0.2, 0) is 6.16 Å². The van der Waals surface area contributed by atoms with E-state index in [0.29, 0.717) is 0 Å². The zero-order valence-electron chi connectivity index (χ0n) is 15.5. The Labute approximate surface area is 162 Å². The van der Waals surface area contributed by atoms with Crippen molar-refractivity contribution < 1.29 is 0 Å². The molecule has 0 spiro atoms. The summed E-state index contributed by atoms with van der Waals surface area (Å²) in [6, 6.07) is 37.6. The van der Waals surface area contributed by atoms with Crippen molar-refractivity contribution in [2.75, 3.05) is 0 Å². The van der Waals surface area contributed by atoms with Crippen LogP contribution in [0.2, 0.25) is 0 Å². The molecule has 2 heteroatoms. The van der Waals surface area contributed by atoms with Gasteiger partial charge < -0.3 is 0 Å². The minimum atomic E-state index is -2.22. The van der Waals surface area contributed by atoms with Gasteiger partial charge in [0.25, 0.3) is 0 Å². The summed E-state index contributed by atoms with van der Waals surface area (Å²) in [5.74, 6) is 0. The van der Waals surface area contributed by atoms with Gasteiger partial charge >= 0.3 is 162 Å². The molecule has 0 aliphatic heterocycles. The Bertz CT molecular complexity index is 901. The zero-order chi connectivity index (χ0) is 18.5. The second-order valence-electron chi connectivity index (χ2n) is 6.99. The van der Waals surface area contributed by atoms with E-state index in [4.69, 9.17) is 0 Å². The van der Waals surface area contributed by atoms with E-state index < -0.39 is 7.26 Å². The summed E-state index contributed by atoms with van der Waals surface area (Å²) in [6.45, 7) is 2.07. The molecule has 1 heterocycles. The summed E-state index contributed by atoms with van der Waals surface area (Å²) in [4.78, 5) is 4.40. The number of nitrogens with zero attached hydrogens (tertiary/aromatic N) is 1. The van der Waals surface area contributed by atoms with Crippen molar-refractivity contribution in [2.45, 2.75) is 13.1 Å². The predicted molar refractivity (Wildman–Crippen MR) is 119 cm³/mol. The molecule has 134 valence electrons. The Morgan fingerprint density at radius 2 is 1.07 bits per heavy atom. The standard InChI is InChI=1S/C25H24NP/c1-21-19-22(17-18-26-21)20-27(23-11-5-2-6-12-23,24-13-7-3-8-14-24)25-15-9-4-10-16-25/h2-19,27H,20H2,1H3. The van der Waals surface area contributed by atoms with Crippen LogP contribution in [0.1, 0.15) is 11.3 Å². The van der Waals surface area contributed by atoms with Gasteiger partial charge in [-0.25, -0.2) is 0 Å². The van der Waals surface area contributed by atoms with Crippen LogP contribution in [0.5, 0.6) is 0 Å². The second-order valence-corrected chi connectivity index (χ2v) is 10.9. The van der Waals surface area contributed by atoms with Gasteiger partial charge in [0.05, 0.1) is 0 Å². The molecular formula is C25H24NP. The Balaban J connectivity index is 2.00. The zero-order valence-corrected chi connectivity index (χ0v) is 16.5. The molecule has 0 aliphatic rings. The van der Waals surface area contributed by atoms with Gasteiger partial charge in [-0.05, 0) is 0 Å². The minimum absolute atomic E-state index is 1.02. The van der Waals surface area contributed by atoms with E-state index in [1.165, 1.54) is 21.5 Å². The Morgan fingerprint density at radius 1 is 0.630 bits per heavy atom. The molecule has 0 atom stereocenters. The van der Waals surface area contributed by atoms with Crippen molar-refractivity contribution in [1.82, 2.24) is 4.98 Å². The average molecular weight is 369 g/mol. The fourth-order valence-corrected chi connectivity index (χ4v) is 8.72. The van der Waals surface area contributed by atoms with E-state index in [1.54, 1.807) is 0 Å². The maximum absolute atomic E-state index is 4.40. The first-order valence-corrected chi connectivity index (χ1v) is 11.6. The van der Waals surface area contributed by atoms with E-state index in [0.717, 1.165) is 11.9 Å². The van der Waals surface area contributed by atoms with Crippen molar-refractivity contribution in [3.8, 4) is 0 Å². The molecule has 0 amide bonds. The molecule has 0 saturated carbocycles. The predicted octanol–water partition coefficient (Wildman–Crippen LogP) is 4.62. The Morgan fingerprint density at radius 3 is 1.48 bits per heavy atom. The van der Waals surface area contributed by atoms with Gasteiger partial charge in [0.15, 0.2) is 0 Å². The van der Waals surface area contributed by atoms with Gasteiger partial charge in [0, 0.05) is 0 Å². The number of aryl methyl sites for hydroxylation is 1. The molecule has 0 N–H and O–H groups in total. The van der Waals surface area contributed by atoms with Crippen LogP contribution in [0.4, 0.5) is 0 Å². The molecule has 0 fully saturated rings. The molecule has 4 rings (SSSR count). The van der Waals surface area contributed by atoms with Crippen LogP contribution in [0.3, 0.4) is 0 Å². The first-order chi connectivity index (χ1) is 13.3. The Hall–Kier alpha value is -2.76. The van der Waals surface area contributed by atoms with Crippen LogP contribution < -0.4 is 15.9 Å². The first kappa shape index (κ1) is 17.6. The maximum atomic E-state index is 4.40. The normalized spacial score (nSPS) is 11.9. The van der Waals surface area contributed by atoms with Gasteiger partial charge in [0.2, 0.25) is 0 Å². The van der Waals surface area contributed by atoms with E-state index in [-0.39, 0.29) is 0 Å². The number of benzene rings is 3. The monoisotopic (exact) mass is 369 g/mol. The molecule has 0 aliphatic carbocycles. The fraction of sp³-hybridized carbons (Fsp3) is 0.0800. The van der Waals surface area contributed by atoms with Gasteiger partial charge in [0.1, 0.15) is 0 Å². The molecule has 1 nitrogen and oxygen atoms in total. The van der Waals surface area contributed by atoms with Gasteiger partial charge in [-0.15, -0.1) is 0 Å². The van der Waals surface area contributed by atoms with Crippen molar-refractivity contribution in [3.63, 3.8) is 0 Å². The second kappa shape index (κ2) is 7.86. The number of hydrogen-bond acceptors (Lipinski definition) is 1. The molecular weight excluding hydrogens is 345 g/mol. The molecule has 0 saturated heterocycles. The van der Waals surface area contributed by atoms with E-state index >= 15 is 0 Å². The third-order valence-corrected chi connectivity index (χ3v) is 10.1. The first-order valence-electron chi connectivity index (χ1n) is 9.37. The average Bonchev–Trinajstić information content (AvgIpc) is 2.74. The molecule has 0 radical (unpaired) electrons. The van der Waals surface area contributed by atoms with Gasteiger partial charge in [-0.2, -0.15) is 0 Å². The SMILES string of the molecule is Cc1cc(C[PH](c2ccccc2)(c2ccccc2)c2ccccc2)ccn1. The summed E-state index contributed by atoms with van der Waals surface area (Å²) in [5.41, 5.74) is 2.43. The molecule has 4 aromatic rings. The van der Waals surface area contributed by atoms with E-state index in [1.807, 2.05) is 6.20 Å². The number of hydrogen-bond donors (Lipinski definition) is 0. The molecule has 27 heavy (non-hydrogen) atoms. The number of rotatable bonds is 5. The van der Waals surface area contributed by atoms with Crippen LogP contribution in [0.15, 0.2) is 109 Å². The summed E-state index contributed by atoms with van der Waals surface area (Å²) in [7, 11) is -2.22. The van der Waals surface area contributed by atoms with E-state index in [9.17, 15) is 0 Å². The van der Waals surface area contributed by atoms with Crippen molar-refractivity contribution in [1.29, 1.82) is 0 Å². The van der Waals surface area contributed by atoms with Crippen LogP contribution in [0, 0.1) is 6.92 Å². The summed E-state index contributed by atoms with van der Waals surface area (Å²) >= 11 is 0.